The molecule has 0 aliphatic heterocycles. The Labute approximate surface area is 179 Å². The Bertz CT molecular complexity index is 976. The van der Waals surface area contributed by atoms with E-state index < -0.39 is 16.1 Å². The fourth-order valence-electron chi connectivity index (χ4n) is 3.56. The molecule has 2 unspecified atom stereocenters. The second-order valence-electron chi connectivity index (χ2n) is 7.29. The summed E-state index contributed by atoms with van der Waals surface area (Å²) in [6.07, 6.45) is 2.13. The molecule has 7 heteroatoms. The molecule has 5 nitrogen and oxygen atoms in total. The molecule has 158 valence electrons. The third-order valence-electron chi connectivity index (χ3n) is 4.92. The molecule has 2 atom stereocenters. The third-order valence-corrected chi connectivity index (χ3v) is 6.33. The molecule has 0 saturated heterocycles. The van der Waals surface area contributed by atoms with Gasteiger partial charge in [-0.15, -0.1) is 0 Å². The van der Waals surface area contributed by atoms with Crippen LogP contribution in [0.3, 0.4) is 0 Å². The van der Waals surface area contributed by atoms with Gasteiger partial charge in [-0.3, -0.25) is 9.10 Å². The number of anilines is 1. The van der Waals surface area contributed by atoms with E-state index in [1.807, 2.05) is 32.9 Å². The molecular formula is C22H29ClN2O3S. The van der Waals surface area contributed by atoms with Crippen LogP contribution in [0.2, 0.25) is 5.02 Å². The van der Waals surface area contributed by atoms with Gasteiger partial charge in [0.1, 0.15) is 6.04 Å². The van der Waals surface area contributed by atoms with Crippen LogP contribution in [0.5, 0.6) is 0 Å². The Morgan fingerprint density at radius 3 is 2.31 bits per heavy atom. The summed E-state index contributed by atoms with van der Waals surface area (Å²) in [5.74, 6) is -0.329. The van der Waals surface area contributed by atoms with Crippen LogP contribution in [0.15, 0.2) is 42.5 Å². The molecule has 2 rings (SSSR count). The largest absolute Gasteiger partial charge is 0.347 e. The molecule has 0 aliphatic rings. The van der Waals surface area contributed by atoms with Crippen LogP contribution in [0.1, 0.15) is 49.4 Å². The summed E-state index contributed by atoms with van der Waals surface area (Å²) < 4.78 is 26.3. The quantitative estimate of drug-likeness (QED) is 0.648. The highest BCUT2D eigenvalue weighted by Gasteiger charge is 2.32. The number of sulfonamides is 1. The SMILES string of the molecule is CCC(NC(=O)C(CC)N(c1cccc(Cl)c1)S(C)(=O)=O)c1ccc(C)cc1C. The number of amides is 1. The molecule has 0 heterocycles. The predicted molar refractivity (Wildman–Crippen MR) is 120 cm³/mol. The van der Waals surface area contributed by atoms with Crippen LogP contribution in [-0.4, -0.2) is 26.6 Å². The molecular weight excluding hydrogens is 408 g/mol. The molecule has 2 aromatic rings. The van der Waals surface area contributed by atoms with Crippen molar-refractivity contribution in [2.75, 3.05) is 10.6 Å². The minimum absolute atomic E-state index is 0.196. The molecule has 0 aliphatic carbocycles. The third kappa shape index (κ3) is 5.73. The van der Waals surface area contributed by atoms with Gasteiger partial charge in [-0.1, -0.05) is 55.3 Å². The van der Waals surface area contributed by atoms with E-state index in [9.17, 15) is 13.2 Å². The highest BCUT2D eigenvalue weighted by atomic mass is 35.5. The van der Waals surface area contributed by atoms with Gasteiger partial charge in [0, 0.05) is 5.02 Å². The van der Waals surface area contributed by atoms with Crippen molar-refractivity contribution in [1.29, 1.82) is 0 Å². The Balaban J connectivity index is 2.38. The number of hydrogen-bond acceptors (Lipinski definition) is 3. The number of carbonyl (C=O) groups is 1. The van der Waals surface area contributed by atoms with E-state index in [0.29, 0.717) is 23.6 Å². The monoisotopic (exact) mass is 436 g/mol. The average Bonchev–Trinajstić information content (AvgIpc) is 2.63. The van der Waals surface area contributed by atoms with Crippen molar-refractivity contribution in [1.82, 2.24) is 5.32 Å². The molecule has 1 N–H and O–H groups in total. The lowest BCUT2D eigenvalue weighted by atomic mass is 9.97. The Morgan fingerprint density at radius 2 is 1.79 bits per heavy atom. The Morgan fingerprint density at radius 1 is 1.10 bits per heavy atom. The molecule has 0 radical (unpaired) electrons. The molecule has 2 aromatic carbocycles. The number of rotatable bonds is 8. The van der Waals surface area contributed by atoms with Gasteiger partial charge in [0.2, 0.25) is 15.9 Å². The topological polar surface area (TPSA) is 66.5 Å². The van der Waals surface area contributed by atoms with Gasteiger partial charge in [0.05, 0.1) is 18.0 Å². The van der Waals surface area contributed by atoms with Gasteiger partial charge in [-0.25, -0.2) is 8.42 Å². The van der Waals surface area contributed by atoms with Crippen molar-refractivity contribution in [3.63, 3.8) is 0 Å². The van der Waals surface area contributed by atoms with Crippen LogP contribution in [-0.2, 0) is 14.8 Å². The van der Waals surface area contributed by atoms with Crippen molar-refractivity contribution >= 4 is 33.2 Å². The molecule has 0 aromatic heterocycles. The van der Waals surface area contributed by atoms with Crippen LogP contribution >= 0.6 is 11.6 Å². The van der Waals surface area contributed by atoms with Crippen LogP contribution < -0.4 is 9.62 Å². The lowest BCUT2D eigenvalue weighted by Crippen LogP contribution is -2.50. The highest BCUT2D eigenvalue weighted by Crippen LogP contribution is 2.27. The smallest absolute Gasteiger partial charge is 0.244 e. The van der Waals surface area contributed by atoms with E-state index in [0.717, 1.165) is 27.3 Å². The zero-order valence-electron chi connectivity index (χ0n) is 17.6. The average molecular weight is 437 g/mol. The van der Waals surface area contributed by atoms with Gasteiger partial charge in [0.15, 0.2) is 0 Å². The lowest BCUT2D eigenvalue weighted by molar-refractivity contribution is -0.123. The van der Waals surface area contributed by atoms with Crippen LogP contribution in [0.4, 0.5) is 5.69 Å². The second-order valence-corrected chi connectivity index (χ2v) is 9.59. The normalized spacial score (nSPS) is 13.6. The fourth-order valence-corrected chi connectivity index (χ4v) is 4.95. The summed E-state index contributed by atoms with van der Waals surface area (Å²) in [7, 11) is -3.70. The zero-order valence-corrected chi connectivity index (χ0v) is 19.1. The van der Waals surface area contributed by atoms with Gasteiger partial charge < -0.3 is 5.32 Å². The number of halogens is 1. The van der Waals surface area contributed by atoms with E-state index in [2.05, 4.69) is 11.4 Å². The van der Waals surface area contributed by atoms with Crippen molar-refractivity contribution in [2.24, 2.45) is 0 Å². The summed E-state index contributed by atoms with van der Waals surface area (Å²) in [4.78, 5) is 13.2. The number of carbonyl (C=O) groups excluding carboxylic acids is 1. The summed E-state index contributed by atoms with van der Waals surface area (Å²) in [6.45, 7) is 7.84. The first kappa shape index (κ1) is 23.2. The first-order valence-corrected chi connectivity index (χ1v) is 11.9. The second kappa shape index (κ2) is 9.63. The van der Waals surface area contributed by atoms with Gasteiger partial charge in [-0.2, -0.15) is 0 Å². The fraction of sp³-hybridized carbons (Fsp3) is 0.409. The standard InChI is InChI=1S/C22H29ClN2O3S/c1-6-20(19-12-11-15(3)13-16(19)4)24-22(26)21(7-2)25(29(5,27)28)18-10-8-9-17(23)14-18/h8-14,20-21H,6-7H2,1-5H3,(H,24,26). The Kier molecular flexibility index (Phi) is 7.72. The van der Waals surface area contributed by atoms with E-state index in [4.69, 9.17) is 11.6 Å². The molecule has 1 amide bonds. The molecule has 0 bridgehead atoms. The van der Waals surface area contributed by atoms with Crippen molar-refractivity contribution in [2.45, 2.75) is 52.6 Å². The van der Waals surface area contributed by atoms with E-state index >= 15 is 0 Å². The summed E-state index contributed by atoms with van der Waals surface area (Å²) in [5.41, 5.74) is 3.67. The number of nitrogens with zero attached hydrogens (tertiary/aromatic N) is 1. The summed E-state index contributed by atoms with van der Waals surface area (Å²) >= 11 is 6.06. The minimum Gasteiger partial charge on any atom is -0.347 e. The maximum absolute atomic E-state index is 13.2. The first-order valence-electron chi connectivity index (χ1n) is 9.71. The van der Waals surface area contributed by atoms with E-state index in [1.165, 1.54) is 0 Å². The number of hydrogen-bond donors (Lipinski definition) is 1. The first-order chi connectivity index (χ1) is 13.6. The van der Waals surface area contributed by atoms with Crippen molar-refractivity contribution < 1.29 is 13.2 Å². The minimum atomic E-state index is -3.70. The highest BCUT2D eigenvalue weighted by molar-refractivity contribution is 7.92. The molecule has 0 spiro atoms. The van der Waals surface area contributed by atoms with E-state index in [1.54, 1.807) is 31.2 Å². The maximum atomic E-state index is 13.2. The predicted octanol–water partition coefficient (Wildman–Crippen LogP) is 4.77. The van der Waals surface area contributed by atoms with Crippen LogP contribution in [0.25, 0.3) is 0 Å². The number of aryl methyl sites for hydroxylation is 2. The van der Waals surface area contributed by atoms with Gasteiger partial charge >= 0.3 is 0 Å². The summed E-state index contributed by atoms with van der Waals surface area (Å²) in [5, 5.41) is 3.46. The van der Waals surface area contributed by atoms with Crippen molar-refractivity contribution in [3.05, 3.63) is 64.2 Å². The Hall–Kier alpha value is -2.05. The maximum Gasteiger partial charge on any atom is 0.244 e. The molecule has 29 heavy (non-hydrogen) atoms. The van der Waals surface area contributed by atoms with E-state index in [-0.39, 0.29) is 11.9 Å². The lowest BCUT2D eigenvalue weighted by Gasteiger charge is -2.31. The van der Waals surface area contributed by atoms with Crippen LogP contribution in [0, 0.1) is 13.8 Å². The van der Waals surface area contributed by atoms with Crippen molar-refractivity contribution in [3.8, 4) is 0 Å². The number of nitrogens with one attached hydrogen (secondary N) is 1. The van der Waals surface area contributed by atoms with Gasteiger partial charge in [0.25, 0.3) is 0 Å². The summed E-state index contributed by atoms with van der Waals surface area (Å²) in [6, 6.07) is 11.6. The zero-order chi connectivity index (χ0) is 21.8. The number of benzene rings is 2. The van der Waals surface area contributed by atoms with Gasteiger partial charge in [-0.05, 0) is 56.0 Å². The molecule has 0 saturated carbocycles. The molecule has 0 fully saturated rings.